The lowest BCUT2D eigenvalue weighted by Gasteiger charge is -2.25. The van der Waals surface area contributed by atoms with Crippen molar-refractivity contribution >= 4 is 5.91 Å². The number of ether oxygens (including phenoxy) is 2. The molecule has 2 aromatic rings. The minimum absolute atomic E-state index is 0.158. The van der Waals surface area contributed by atoms with Crippen LogP contribution in [0.3, 0.4) is 0 Å². The van der Waals surface area contributed by atoms with Crippen LogP contribution in [-0.4, -0.2) is 42.3 Å². The second kappa shape index (κ2) is 7.53. The zero-order chi connectivity index (χ0) is 17.8. The molecule has 0 bridgehead atoms. The molecule has 3 rings (SSSR count). The summed E-state index contributed by atoms with van der Waals surface area (Å²) in [5.41, 5.74) is 1.52. The molecule has 25 heavy (non-hydrogen) atoms. The van der Waals surface area contributed by atoms with E-state index in [1.165, 1.54) is 23.1 Å². The number of hydrogen-bond acceptors (Lipinski definition) is 4. The lowest BCUT2D eigenvalue weighted by Crippen LogP contribution is -2.42. The van der Waals surface area contributed by atoms with Crippen molar-refractivity contribution in [3.05, 3.63) is 59.4 Å². The number of methoxy groups -OCH3 is 1. The highest BCUT2D eigenvalue weighted by Crippen LogP contribution is 2.30. The number of carbonyl (C=O) groups excluding carboxylic acids is 1. The normalized spacial score (nSPS) is 15.4. The smallest absolute Gasteiger partial charge is 0.264 e. The van der Waals surface area contributed by atoms with Crippen molar-refractivity contribution in [1.82, 2.24) is 4.90 Å². The van der Waals surface area contributed by atoms with Crippen LogP contribution in [0.1, 0.15) is 11.1 Å². The standard InChI is InChI=1S/C19H20FNO4/c1-24-16-5-3-2-4-13(16)12-21(8-9-22)19(23)18-11-14-10-15(20)6-7-17(14)25-18/h2-7,10,18,22H,8-9,11-12H2,1H3. The number of benzene rings is 2. The number of carbonyl (C=O) groups is 1. The van der Waals surface area contributed by atoms with Gasteiger partial charge in [0.2, 0.25) is 0 Å². The SMILES string of the molecule is COc1ccccc1CN(CCO)C(=O)C1Cc2cc(F)ccc2O1. The highest BCUT2D eigenvalue weighted by Gasteiger charge is 2.32. The highest BCUT2D eigenvalue weighted by atomic mass is 19.1. The van der Waals surface area contributed by atoms with Crippen LogP contribution >= 0.6 is 0 Å². The van der Waals surface area contributed by atoms with Gasteiger partial charge in [-0.1, -0.05) is 18.2 Å². The second-order valence-corrected chi connectivity index (χ2v) is 5.86. The first-order valence-corrected chi connectivity index (χ1v) is 8.09. The van der Waals surface area contributed by atoms with Gasteiger partial charge in [0.15, 0.2) is 6.10 Å². The minimum atomic E-state index is -0.710. The third-order valence-corrected chi connectivity index (χ3v) is 4.21. The van der Waals surface area contributed by atoms with Crippen molar-refractivity contribution in [1.29, 1.82) is 0 Å². The average molecular weight is 345 g/mol. The second-order valence-electron chi connectivity index (χ2n) is 5.86. The fourth-order valence-electron chi connectivity index (χ4n) is 2.99. The van der Waals surface area contributed by atoms with E-state index in [0.29, 0.717) is 30.0 Å². The van der Waals surface area contributed by atoms with Crippen LogP contribution in [0.5, 0.6) is 11.5 Å². The predicted octanol–water partition coefficient (Wildman–Crippen LogP) is 2.16. The van der Waals surface area contributed by atoms with Crippen LogP contribution in [0.2, 0.25) is 0 Å². The number of aliphatic hydroxyl groups excluding tert-OH is 1. The molecule has 1 aliphatic heterocycles. The van der Waals surface area contributed by atoms with Crippen molar-refractivity contribution < 1.29 is 23.8 Å². The van der Waals surface area contributed by atoms with E-state index in [2.05, 4.69) is 0 Å². The Morgan fingerprint density at radius 2 is 2.16 bits per heavy atom. The van der Waals surface area contributed by atoms with Gasteiger partial charge >= 0.3 is 0 Å². The van der Waals surface area contributed by atoms with Crippen molar-refractivity contribution in [2.45, 2.75) is 19.1 Å². The molecule has 0 saturated carbocycles. The van der Waals surface area contributed by atoms with Crippen molar-refractivity contribution in [2.75, 3.05) is 20.3 Å². The molecule has 1 amide bonds. The molecule has 2 aromatic carbocycles. The van der Waals surface area contributed by atoms with Crippen molar-refractivity contribution in [3.63, 3.8) is 0 Å². The Morgan fingerprint density at radius 1 is 1.36 bits per heavy atom. The van der Waals surface area contributed by atoms with E-state index in [9.17, 15) is 14.3 Å². The Kier molecular flexibility index (Phi) is 5.19. The number of hydrogen-bond donors (Lipinski definition) is 1. The number of para-hydroxylation sites is 1. The summed E-state index contributed by atoms with van der Waals surface area (Å²) in [5, 5.41) is 9.33. The first-order valence-electron chi connectivity index (χ1n) is 8.09. The van der Waals surface area contributed by atoms with E-state index >= 15 is 0 Å². The van der Waals surface area contributed by atoms with Crippen molar-refractivity contribution in [2.24, 2.45) is 0 Å². The van der Waals surface area contributed by atoms with E-state index in [4.69, 9.17) is 9.47 Å². The molecule has 0 radical (unpaired) electrons. The first kappa shape index (κ1) is 17.2. The molecule has 1 atom stereocenters. The van der Waals surface area contributed by atoms with Crippen LogP contribution in [0, 0.1) is 5.82 Å². The summed E-state index contributed by atoms with van der Waals surface area (Å²) < 4.78 is 24.3. The van der Waals surface area contributed by atoms with E-state index in [0.717, 1.165) is 5.56 Å². The summed E-state index contributed by atoms with van der Waals surface area (Å²) >= 11 is 0. The zero-order valence-electron chi connectivity index (χ0n) is 13.9. The van der Waals surface area contributed by atoms with Gasteiger partial charge in [0.05, 0.1) is 13.7 Å². The molecule has 6 heteroatoms. The van der Waals surface area contributed by atoms with Crippen molar-refractivity contribution in [3.8, 4) is 11.5 Å². The number of nitrogens with zero attached hydrogens (tertiary/aromatic N) is 1. The summed E-state index contributed by atoms with van der Waals surface area (Å²) in [6.07, 6.45) is -0.391. The molecule has 0 aromatic heterocycles. The Bertz CT molecular complexity index is 765. The Balaban J connectivity index is 1.76. The van der Waals surface area contributed by atoms with Gasteiger partial charge in [-0.3, -0.25) is 4.79 Å². The largest absolute Gasteiger partial charge is 0.496 e. The Labute approximate surface area is 145 Å². The molecule has 1 heterocycles. The highest BCUT2D eigenvalue weighted by molar-refractivity contribution is 5.82. The van der Waals surface area contributed by atoms with Gasteiger partial charge in [0.25, 0.3) is 5.91 Å². The van der Waals surface area contributed by atoms with Gasteiger partial charge in [0, 0.05) is 30.6 Å². The van der Waals surface area contributed by atoms with Crippen LogP contribution < -0.4 is 9.47 Å². The number of rotatable bonds is 6. The third kappa shape index (κ3) is 3.74. The van der Waals surface area contributed by atoms with Gasteiger partial charge in [0.1, 0.15) is 17.3 Å². The van der Waals surface area contributed by atoms with E-state index < -0.39 is 6.10 Å². The molecular formula is C19H20FNO4. The molecule has 5 nitrogen and oxygen atoms in total. The van der Waals surface area contributed by atoms with Gasteiger partial charge in [-0.25, -0.2) is 4.39 Å². The van der Waals surface area contributed by atoms with Crippen LogP contribution in [0.4, 0.5) is 4.39 Å². The lowest BCUT2D eigenvalue weighted by molar-refractivity contribution is -0.139. The Morgan fingerprint density at radius 3 is 2.92 bits per heavy atom. The number of fused-ring (bicyclic) bond motifs is 1. The molecular weight excluding hydrogens is 325 g/mol. The number of aliphatic hydroxyl groups is 1. The van der Waals surface area contributed by atoms with E-state index in [-0.39, 0.29) is 24.9 Å². The molecule has 1 N–H and O–H groups in total. The summed E-state index contributed by atoms with van der Waals surface area (Å²) in [6.45, 7) is 0.324. The average Bonchev–Trinajstić information content (AvgIpc) is 3.04. The van der Waals surface area contributed by atoms with E-state index in [1.807, 2.05) is 24.3 Å². The quantitative estimate of drug-likeness (QED) is 0.872. The molecule has 0 fully saturated rings. The zero-order valence-corrected chi connectivity index (χ0v) is 13.9. The minimum Gasteiger partial charge on any atom is -0.496 e. The van der Waals surface area contributed by atoms with Gasteiger partial charge in [-0.15, -0.1) is 0 Å². The van der Waals surface area contributed by atoms with Gasteiger partial charge < -0.3 is 19.5 Å². The van der Waals surface area contributed by atoms with Gasteiger partial charge in [-0.05, 0) is 24.3 Å². The third-order valence-electron chi connectivity index (χ3n) is 4.21. The van der Waals surface area contributed by atoms with Gasteiger partial charge in [-0.2, -0.15) is 0 Å². The van der Waals surface area contributed by atoms with Crippen LogP contribution in [0.15, 0.2) is 42.5 Å². The molecule has 0 saturated heterocycles. The molecule has 0 aliphatic carbocycles. The fourth-order valence-corrected chi connectivity index (χ4v) is 2.99. The van der Waals surface area contributed by atoms with Crippen LogP contribution in [-0.2, 0) is 17.8 Å². The summed E-state index contributed by atoms with van der Waals surface area (Å²) in [6, 6.07) is 11.6. The first-order chi connectivity index (χ1) is 12.1. The lowest BCUT2D eigenvalue weighted by atomic mass is 10.1. The molecule has 0 spiro atoms. The maximum Gasteiger partial charge on any atom is 0.264 e. The Hall–Kier alpha value is -2.60. The fraction of sp³-hybridized carbons (Fsp3) is 0.316. The maximum absolute atomic E-state index is 13.3. The van der Waals surface area contributed by atoms with Crippen LogP contribution in [0.25, 0.3) is 0 Å². The summed E-state index contributed by atoms with van der Waals surface area (Å²) in [5.74, 6) is 0.616. The summed E-state index contributed by atoms with van der Waals surface area (Å²) in [7, 11) is 1.57. The number of amides is 1. The molecule has 132 valence electrons. The monoisotopic (exact) mass is 345 g/mol. The predicted molar refractivity (Wildman–Crippen MR) is 90.0 cm³/mol. The van der Waals surface area contributed by atoms with E-state index in [1.54, 1.807) is 7.11 Å². The maximum atomic E-state index is 13.3. The topological polar surface area (TPSA) is 59.0 Å². The summed E-state index contributed by atoms with van der Waals surface area (Å²) in [4.78, 5) is 14.4. The molecule has 1 unspecified atom stereocenters. The number of halogens is 1. The molecule has 1 aliphatic rings.